The fourth-order valence-electron chi connectivity index (χ4n) is 2.86. The minimum absolute atomic E-state index is 0.279. The van der Waals surface area contributed by atoms with Crippen molar-refractivity contribution >= 4 is 17.2 Å². The van der Waals surface area contributed by atoms with Crippen LogP contribution >= 0.6 is 0 Å². The number of carbonyl (C=O) groups is 1. The number of rotatable bonds is 2. The van der Waals surface area contributed by atoms with Gasteiger partial charge in [-0.3, -0.25) is 4.98 Å². The molecule has 0 N–H and O–H groups in total. The topological polar surface area (TPSA) is 30.0 Å². The van der Waals surface area contributed by atoms with E-state index in [2.05, 4.69) is 24.3 Å². The van der Waals surface area contributed by atoms with Crippen LogP contribution in [-0.2, 0) is 4.79 Å². The second-order valence-electron chi connectivity index (χ2n) is 5.18. The maximum Gasteiger partial charge on any atom is 0.123 e. The lowest BCUT2D eigenvalue weighted by Crippen LogP contribution is -2.14. The molecule has 2 aromatic rings. The molecule has 92 valence electrons. The minimum atomic E-state index is 0.279. The Kier molecular flexibility index (Phi) is 3.09. The van der Waals surface area contributed by atoms with Crippen molar-refractivity contribution in [3.05, 3.63) is 42.1 Å². The molecule has 18 heavy (non-hydrogen) atoms. The number of hydrogen-bond donors (Lipinski definition) is 0. The largest absolute Gasteiger partial charge is 0.303 e. The molecule has 0 atom stereocenters. The van der Waals surface area contributed by atoms with Gasteiger partial charge in [0.1, 0.15) is 6.29 Å². The zero-order chi connectivity index (χ0) is 12.4. The number of carbonyl (C=O) groups excluding carboxylic acids is 1. The molecular formula is C16H17NO. The zero-order valence-electron chi connectivity index (χ0n) is 10.4. The van der Waals surface area contributed by atoms with Gasteiger partial charge in [-0.05, 0) is 37.8 Å². The van der Waals surface area contributed by atoms with Crippen LogP contribution in [0, 0.1) is 5.92 Å². The Balaban J connectivity index is 1.84. The van der Waals surface area contributed by atoms with Crippen LogP contribution in [0.3, 0.4) is 0 Å². The lowest BCUT2D eigenvalue weighted by Gasteiger charge is -2.25. The summed E-state index contributed by atoms with van der Waals surface area (Å²) in [5, 5.41) is 1.20. The number of nitrogens with zero attached hydrogens (tertiary/aromatic N) is 1. The van der Waals surface area contributed by atoms with Crippen LogP contribution in [0.2, 0.25) is 0 Å². The Morgan fingerprint density at radius 2 is 1.78 bits per heavy atom. The van der Waals surface area contributed by atoms with Gasteiger partial charge in [0.05, 0.1) is 5.52 Å². The summed E-state index contributed by atoms with van der Waals surface area (Å²) in [4.78, 5) is 15.5. The molecule has 0 radical (unpaired) electrons. The summed E-state index contributed by atoms with van der Waals surface area (Å²) in [6, 6.07) is 12.5. The number of aldehydes is 1. The summed E-state index contributed by atoms with van der Waals surface area (Å²) in [6.07, 6.45) is 5.33. The fourth-order valence-corrected chi connectivity index (χ4v) is 2.86. The first-order valence-electron chi connectivity index (χ1n) is 6.68. The van der Waals surface area contributed by atoms with Crippen molar-refractivity contribution in [2.45, 2.75) is 31.6 Å². The van der Waals surface area contributed by atoms with E-state index >= 15 is 0 Å². The second kappa shape index (κ2) is 4.89. The van der Waals surface area contributed by atoms with Crippen molar-refractivity contribution in [1.82, 2.24) is 4.98 Å². The van der Waals surface area contributed by atoms with Gasteiger partial charge in [-0.2, -0.15) is 0 Å². The maximum absolute atomic E-state index is 10.8. The average molecular weight is 239 g/mol. The molecule has 0 spiro atoms. The molecule has 0 aliphatic heterocycles. The van der Waals surface area contributed by atoms with E-state index in [0.717, 1.165) is 37.5 Å². The molecule has 2 heteroatoms. The molecule has 1 fully saturated rings. The molecule has 1 aliphatic carbocycles. The van der Waals surface area contributed by atoms with E-state index in [1.165, 1.54) is 11.1 Å². The number of pyridine rings is 1. The van der Waals surface area contributed by atoms with Gasteiger partial charge >= 0.3 is 0 Å². The number of aromatic nitrogens is 1. The molecule has 2 nitrogen and oxygen atoms in total. The van der Waals surface area contributed by atoms with Crippen LogP contribution in [0.4, 0.5) is 0 Å². The highest BCUT2D eigenvalue weighted by Gasteiger charge is 2.22. The quantitative estimate of drug-likeness (QED) is 0.748. The summed E-state index contributed by atoms with van der Waals surface area (Å²) < 4.78 is 0. The third kappa shape index (κ3) is 2.15. The highest BCUT2D eigenvalue weighted by molar-refractivity contribution is 5.78. The molecule has 3 rings (SSSR count). The summed E-state index contributed by atoms with van der Waals surface area (Å²) >= 11 is 0. The first-order valence-corrected chi connectivity index (χ1v) is 6.68. The highest BCUT2D eigenvalue weighted by Crippen LogP contribution is 2.34. The van der Waals surface area contributed by atoms with Gasteiger partial charge in [0.25, 0.3) is 0 Å². The molecular weight excluding hydrogens is 222 g/mol. The van der Waals surface area contributed by atoms with E-state index in [1.807, 2.05) is 12.1 Å². The Morgan fingerprint density at radius 3 is 2.56 bits per heavy atom. The van der Waals surface area contributed by atoms with Crippen molar-refractivity contribution in [3.8, 4) is 0 Å². The predicted octanol–water partition coefficient (Wildman–Crippen LogP) is 3.71. The molecule has 1 aliphatic rings. The van der Waals surface area contributed by atoms with Crippen LogP contribution in [0.15, 0.2) is 36.4 Å². The molecule has 0 unspecified atom stereocenters. The van der Waals surface area contributed by atoms with Crippen molar-refractivity contribution in [2.24, 2.45) is 5.92 Å². The highest BCUT2D eigenvalue weighted by atomic mass is 16.1. The predicted molar refractivity (Wildman–Crippen MR) is 72.5 cm³/mol. The first-order chi connectivity index (χ1) is 8.86. The number of benzene rings is 1. The fraction of sp³-hybridized carbons (Fsp3) is 0.375. The number of fused-ring (bicyclic) bond motifs is 1. The van der Waals surface area contributed by atoms with Crippen molar-refractivity contribution in [3.63, 3.8) is 0 Å². The lowest BCUT2D eigenvalue weighted by atomic mass is 9.81. The van der Waals surface area contributed by atoms with Gasteiger partial charge < -0.3 is 4.79 Å². The van der Waals surface area contributed by atoms with Crippen LogP contribution in [0.1, 0.15) is 37.3 Å². The first kappa shape index (κ1) is 11.4. The second-order valence-corrected chi connectivity index (χ2v) is 5.18. The standard InChI is InChI=1S/C16H17NO/c18-11-12-5-7-14(8-6-12)16-10-9-13-3-1-2-4-15(13)17-16/h1-4,9-12,14H,5-8H2. The van der Waals surface area contributed by atoms with E-state index in [9.17, 15) is 4.79 Å². The Bertz CT molecular complexity index is 556. The molecule has 1 saturated carbocycles. The third-order valence-corrected chi connectivity index (χ3v) is 4.00. The van der Waals surface area contributed by atoms with Crippen LogP contribution in [-0.4, -0.2) is 11.3 Å². The molecule has 0 saturated heterocycles. The lowest BCUT2D eigenvalue weighted by molar-refractivity contribution is -0.111. The van der Waals surface area contributed by atoms with E-state index in [4.69, 9.17) is 4.98 Å². The Hall–Kier alpha value is -1.70. The smallest absolute Gasteiger partial charge is 0.123 e. The van der Waals surface area contributed by atoms with Crippen LogP contribution < -0.4 is 0 Å². The van der Waals surface area contributed by atoms with Crippen molar-refractivity contribution < 1.29 is 4.79 Å². The van der Waals surface area contributed by atoms with Gasteiger partial charge in [0, 0.05) is 22.9 Å². The van der Waals surface area contributed by atoms with E-state index in [-0.39, 0.29) is 5.92 Å². The Labute approximate surface area is 107 Å². The minimum Gasteiger partial charge on any atom is -0.303 e. The molecule has 1 aromatic heterocycles. The van der Waals surface area contributed by atoms with Gasteiger partial charge in [-0.1, -0.05) is 24.3 Å². The van der Waals surface area contributed by atoms with Gasteiger partial charge in [0.15, 0.2) is 0 Å². The molecule has 1 aromatic carbocycles. The molecule has 0 amide bonds. The van der Waals surface area contributed by atoms with E-state index in [1.54, 1.807) is 0 Å². The van der Waals surface area contributed by atoms with E-state index < -0.39 is 0 Å². The van der Waals surface area contributed by atoms with Crippen molar-refractivity contribution in [2.75, 3.05) is 0 Å². The third-order valence-electron chi connectivity index (χ3n) is 4.00. The van der Waals surface area contributed by atoms with Gasteiger partial charge in [0.2, 0.25) is 0 Å². The number of para-hydroxylation sites is 1. The zero-order valence-corrected chi connectivity index (χ0v) is 10.4. The molecule has 0 bridgehead atoms. The monoisotopic (exact) mass is 239 g/mol. The van der Waals surface area contributed by atoms with Gasteiger partial charge in [-0.15, -0.1) is 0 Å². The maximum atomic E-state index is 10.8. The molecule has 1 heterocycles. The summed E-state index contributed by atoms with van der Waals surface area (Å²) in [7, 11) is 0. The van der Waals surface area contributed by atoms with Crippen LogP contribution in [0.25, 0.3) is 10.9 Å². The Morgan fingerprint density at radius 1 is 1.00 bits per heavy atom. The van der Waals surface area contributed by atoms with E-state index in [0.29, 0.717) is 5.92 Å². The SMILES string of the molecule is O=CC1CCC(c2ccc3ccccc3n2)CC1. The summed E-state index contributed by atoms with van der Waals surface area (Å²) in [5.74, 6) is 0.813. The normalized spacial score (nSPS) is 24.0. The number of hydrogen-bond acceptors (Lipinski definition) is 2. The summed E-state index contributed by atoms with van der Waals surface area (Å²) in [6.45, 7) is 0. The van der Waals surface area contributed by atoms with Crippen LogP contribution in [0.5, 0.6) is 0 Å². The average Bonchev–Trinajstić information content (AvgIpc) is 2.47. The van der Waals surface area contributed by atoms with Crippen molar-refractivity contribution in [1.29, 1.82) is 0 Å². The van der Waals surface area contributed by atoms with Gasteiger partial charge in [-0.25, -0.2) is 0 Å². The summed E-state index contributed by atoms with van der Waals surface area (Å²) in [5.41, 5.74) is 2.27.